The number of aliphatic hydroxyl groups excluding tert-OH is 1. The highest BCUT2D eigenvalue weighted by molar-refractivity contribution is 4.86. The normalized spacial score (nSPS) is 18.4. The summed E-state index contributed by atoms with van der Waals surface area (Å²) in [5, 5.41) is 12.5. The van der Waals surface area contributed by atoms with Crippen LogP contribution in [0.15, 0.2) is 0 Å². The molecular weight excluding hydrogens is 188 g/mol. The first-order valence-corrected chi connectivity index (χ1v) is 6.40. The number of hydrogen-bond donors (Lipinski definition) is 2. The summed E-state index contributed by atoms with van der Waals surface area (Å²) < 4.78 is 0. The Morgan fingerprint density at radius 3 is 2.60 bits per heavy atom. The first-order valence-electron chi connectivity index (χ1n) is 6.40. The van der Waals surface area contributed by atoms with Gasteiger partial charge in [0.05, 0.1) is 0 Å². The summed E-state index contributed by atoms with van der Waals surface area (Å²) in [5.74, 6) is 0. The highest BCUT2D eigenvalue weighted by Gasteiger charge is 2.29. The van der Waals surface area contributed by atoms with Gasteiger partial charge in [0, 0.05) is 25.2 Å². The van der Waals surface area contributed by atoms with Crippen molar-refractivity contribution in [2.75, 3.05) is 26.2 Å². The van der Waals surface area contributed by atoms with Gasteiger partial charge in [-0.2, -0.15) is 0 Å². The topological polar surface area (TPSA) is 35.5 Å². The molecule has 1 fully saturated rings. The Kier molecular flexibility index (Phi) is 6.22. The monoisotopic (exact) mass is 214 g/mol. The van der Waals surface area contributed by atoms with E-state index >= 15 is 0 Å². The number of aliphatic hydroxyl groups is 1. The van der Waals surface area contributed by atoms with E-state index in [0.717, 1.165) is 25.6 Å². The minimum absolute atomic E-state index is 0.294. The lowest BCUT2D eigenvalue weighted by molar-refractivity contribution is 0.202. The lowest BCUT2D eigenvalue weighted by Crippen LogP contribution is -2.42. The molecule has 0 aromatic heterocycles. The lowest BCUT2D eigenvalue weighted by atomic mass is 10.2. The van der Waals surface area contributed by atoms with Crippen molar-refractivity contribution in [3.05, 3.63) is 0 Å². The van der Waals surface area contributed by atoms with E-state index < -0.39 is 0 Å². The zero-order chi connectivity index (χ0) is 11.1. The van der Waals surface area contributed by atoms with E-state index in [-0.39, 0.29) is 0 Å². The zero-order valence-corrected chi connectivity index (χ0v) is 10.2. The van der Waals surface area contributed by atoms with Gasteiger partial charge in [-0.3, -0.25) is 4.90 Å². The van der Waals surface area contributed by atoms with E-state index in [1.54, 1.807) is 0 Å². The van der Waals surface area contributed by atoms with Crippen molar-refractivity contribution < 1.29 is 5.11 Å². The minimum atomic E-state index is 0.294. The molecule has 0 aromatic carbocycles. The predicted octanol–water partition coefficient (Wildman–Crippen LogP) is 1.22. The van der Waals surface area contributed by atoms with E-state index in [1.165, 1.54) is 25.8 Å². The van der Waals surface area contributed by atoms with E-state index in [2.05, 4.69) is 24.1 Å². The van der Waals surface area contributed by atoms with Crippen LogP contribution in [0.1, 0.15) is 39.5 Å². The molecule has 1 rings (SSSR count). The number of likely N-dealkylation sites (N-methyl/N-ethyl adjacent to an activating group) is 1. The first kappa shape index (κ1) is 12.9. The van der Waals surface area contributed by atoms with Crippen LogP contribution in [0.25, 0.3) is 0 Å². The van der Waals surface area contributed by atoms with Gasteiger partial charge in [0.25, 0.3) is 0 Å². The maximum absolute atomic E-state index is 9.00. The third kappa shape index (κ3) is 4.96. The summed E-state index contributed by atoms with van der Waals surface area (Å²) >= 11 is 0. The molecule has 90 valence electrons. The van der Waals surface area contributed by atoms with Crippen LogP contribution in [0.4, 0.5) is 0 Å². The summed E-state index contributed by atoms with van der Waals surface area (Å²) in [6.45, 7) is 7.97. The zero-order valence-electron chi connectivity index (χ0n) is 10.2. The summed E-state index contributed by atoms with van der Waals surface area (Å²) in [7, 11) is 0. The van der Waals surface area contributed by atoms with Crippen molar-refractivity contribution in [3.8, 4) is 0 Å². The van der Waals surface area contributed by atoms with Gasteiger partial charge in [-0.15, -0.1) is 0 Å². The Hall–Kier alpha value is -0.120. The molecule has 1 aliphatic rings. The van der Waals surface area contributed by atoms with E-state index in [1.807, 2.05) is 0 Å². The van der Waals surface area contributed by atoms with E-state index in [0.29, 0.717) is 12.6 Å². The highest BCUT2D eigenvalue weighted by atomic mass is 16.3. The largest absolute Gasteiger partial charge is 0.396 e. The average molecular weight is 214 g/mol. The Morgan fingerprint density at radius 1 is 1.40 bits per heavy atom. The quantitative estimate of drug-likeness (QED) is 0.606. The van der Waals surface area contributed by atoms with Crippen LogP contribution in [-0.2, 0) is 0 Å². The Labute approximate surface area is 93.9 Å². The van der Waals surface area contributed by atoms with Gasteiger partial charge in [0.1, 0.15) is 0 Å². The van der Waals surface area contributed by atoms with Crippen LogP contribution < -0.4 is 5.32 Å². The Morgan fingerprint density at radius 2 is 2.13 bits per heavy atom. The molecule has 15 heavy (non-hydrogen) atoms. The third-order valence-corrected chi connectivity index (χ3v) is 3.00. The van der Waals surface area contributed by atoms with Crippen molar-refractivity contribution in [1.29, 1.82) is 0 Å². The smallest absolute Gasteiger partial charge is 0.0446 e. The fourth-order valence-electron chi connectivity index (χ4n) is 2.14. The molecule has 1 saturated carbocycles. The molecule has 3 heteroatoms. The SMILES string of the molecule is CCCN(CC(CCO)NCC)C1CC1. The molecule has 0 spiro atoms. The average Bonchev–Trinajstić information content (AvgIpc) is 3.01. The van der Waals surface area contributed by atoms with Crippen molar-refractivity contribution in [3.63, 3.8) is 0 Å². The maximum Gasteiger partial charge on any atom is 0.0446 e. The molecule has 1 atom stereocenters. The number of nitrogens with zero attached hydrogens (tertiary/aromatic N) is 1. The van der Waals surface area contributed by atoms with Crippen LogP contribution in [0.2, 0.25) is 0 Å². The third-order valence-electron chi connectivity index (χ3n) is 3.00. The van der Waals surface area contributed by atoms with Gasteiger partial charge in [-0.25, -0.2) is 0 Å². The number of nitrogens with one attached hydrogen (secondary N) is 1. The van der Waals surface area contributed by atoms with Crippen LogP contribution in [0.5, 0.6) is 0 Å². The summed E-state index contributed by atoms with van der Waals surface area (Å²) in [6.07, 6.45) is 4.85. The van der Waals surface area contributed by atoms with Crippen molar-refractivity contribution in [2.24, 2.45) is 0 Å². The first-order chi connectivity index (χ1) is 7.31. The molecule has 0 aromatic rings. The maximum atomic E-state index is 9.00. The molecule has 0 amide bonds. The Bertz CT molecular complexity index is 154. The van der Waals surface area contributed by atoms with Gasteiger partial charge in [0.15, 0.2) is 0 Å². The lowest BCUT2D eigenvalue weighted by Gasteiger charge is -2.27. The molecule has 2 N–H and O–H groups in total. The van der Waals surface area contributed by atoms with Crippen molar-refractivity contribution in [1.82, 2.24) is 10.2 Å². The number of hydrogen-bond acceptors (Lipinski definition) is 3. The van der Waals surface area contributed by atoms with Crippen molar-refractivity contribution in [2.45, 2.75) is 51.6 Å². The molecule has 0 radical (unpaired) electrons. The molecule has 1 aliphatic carbocycles. The molecule has 0 aliphatic heterocycles. The molecule has 0 saturated heterocycles. The van der Waals surface area contributed by atoms with Gasteiger partial charge in [-0.05, 0) is 38.8 Å². The Balaban J connectivity index is 2.30. The second kappa shape index (κ2) is 7.20. The van der Waals surface area contributed by atoms with Crippen LogP contribution >= 0.6 is 0 Å². The van der Waals surface area contributed by atoms with Gasteiger partial charge in [-0.1, -0.05) is 13.8 Å². The fraction of sp³-hybridized carbons (Fsp3) is 1.00. The molecule has 0 bridgehead atoms. The second-order valence-electron chi connectivity index (χ2n) is 4.49. The van der Waals surface area contributed by atoms with Crippen LogP contribution in [0.3, 0.4) is 0 Å². The van der Waals surface area contributed by atoms with E-state index in [9.17, 15) is 0 Å². The summed E-state index contributed by atoms with van der Waals surface area (Å²) in [4.78, 5) is 2.59. The molecular formula is C12H26N2O. The molecule has 0 heterocycles. The highest BCUT2D eigenvalue weighted by Crippen LogP contribution is 2.27. The van der Waals surface area contributed by atoms with Crippen LogP contribution in [0, 0.1) is 0 Å². The summed E-state index contributed by atoms with van der Waals surface area (Å²) in [5.41, 5.74) is 0. The van der Waals surface area contributed by atoms with Gasteiger partial charge >= 0.3 is 0 Å². The second-order valence-corrected chi connectivity index (χ2v) is 4.49. The number of rotatable bonds is 9. The molecule has 3 nitrogen and oxygen atoms in total. The summed E-state index contributed by atoms with van der Waals surface area (Å²) in [6, 6.07) is 1.30. The van der Waals surface area contributed by atoms with Crippen LogP contribution in [-0.4, -0.2) is 48.3 Å². The molecule has 1 unspecified atom stereocenters. The van der Waals surface area contributed by atoms with E-state index in [4.69, 9.17) is 5.11 Å². The van der Waals surface area contributed by atoms with Gasteiger partial charge in [0.2, 0.25) is 0 Å². The van der Waals surface area contributed by atoms with Gasteiger partial charge < -0.3 is 10.4 Å². The minimum Gasteiger partial charge on any atom is -0.396 e. The standard InChI is InChI=1S/C12H26N2O/c1-3-8-14(12-5-6-12)10-11(7-9-15)13-4-2/h11-13,15H,3-10H2,1-2H3. The fourth-order valence-corrected chi connectivity index (χ4v) is 2.14. The van der Waals surface area contributed by atoms with Crippen molar-refractivity contribution >= 4 is 0 Å². The predicted molar refractivity (Wildman–Crippen MR) is 64.1 cm³/mol.